The maximum Gasteiger partial charge on any atom is 0.123 e. The molecule has 2 rings (SSSR count). The highest BCUT2D eigenvalue weighted by atomic mass is 16.5. The fraction of sp³-hybridized carbons (Fsp3) is 0.357. The van der Waals surface area contributed by atoms with Crippen molar-refractivity contribution in [3.63, 3.8) is 0 Å². The van der Waals surface area contributed by atoms with Crippen molar-refractivity contribution >= 4 is 0 Å². The Bertz CT molecular complexity index is 495. The van der Waals surface area contributed by atoms with Crippen molar-refractivity contribution < 1.29 is 4.74 Å². The average molecular weight is 230 g/mol. The van der Waals surface area contributed by atoms with E-state index in [1.807, 2.05) is 12.4 Å². The van der Waals surface area contributed by atoms with Gasteiger partial charge in [0, 0.05) is 11.8 Å². The van der Waals surface area contributed by atoms with Gasteiger partial charge in [0.05, 0.1) is 13.3 Å². The Morgan fingerprint density at radius 3 is 2.47 bits per heavy atom. The van der Waals surface area contributed by atoms with Crippen LogP contribution >= 0.6 is 0 Å². The summed E-state index contributed by atoms with van der Waals surface area (Å²) in [6.45, 7) is 6.55. The number of H-pyrrole nitrogens is 1. The summed E-state index contributed by atoms with van der Waals surface area (Å²) in [5.74, 6) is 0.927. The van der Waals surface area contributed by atoms with E-state index in [1.165, 1.54) is 5.56 Å². The molecule has 0 aliphatic carbocycles. The molecule has 1 aromatic carbocycles. The lowest BCUT2D eigenvalue weighted by Gasteiger charge is -2.22. The van der Waals surface area contributed by atoms with Crippen LogP contribution in [-0.4, -0.2) is 17.3 Å². The number of rotatable bonds is 2. The number of benzene rings is 1. The van der Waals surface area contributed by atoms with Gasteiger partial charge in [-0.3, -0.25) is 5.10 Å². The van der Waals surface area contributed by atoms with E-state index in [4.69, 9.17) is 4.74 Å². The van der Waals surface area contributed by atoms with Crippen LogP contribution in [0, 0.1) is 0 Å². The molecule has 17 heavy (non-hydrogen) atoms. The van der Waals surface area contributed by atoms with Crippen molar-refractivity contribution in [1.29, 1.82) is 0 Å². The summed E-state index contributed by atoms with van der Waals surface area (Å²) in [6.07, 6.45) is 3.69. The normalized spacial score (nSPS) is 11.5. The number of hydrogen-bond donors (Lipinski definition) is 1. The minimum Gasteiger partial charge on any atom is -0.496 e. The van der Waals surface area contributed by atoms with Crippen molar-refractivity contribution in [3.05, 3.63) is 36.2 Å². The second kappa shape index (κ2) is 4.24. The van der Waals surface area contributed by atoms with Crippen molar-refractivity contribution in [2.75, 3.05) is 7.11 Å². The van der Waals surface area contributed by atoms with E-state index >= 15 is 0 Å². The molecule has 3 heteroatoms. The molecule has 0 aliphatic heterocycles. The van der Waals surface area contributed by atoms with Crippen LogP contribution in [0.5, 0.6) is 5.75 Å². The molecule has 0 atom stereocenters. The fourth-order valence-electron chi connectivity index (χ4n) is 1.90. The number of nitrogens with zero attached hydrogens (tertiary/aromatic N) is 1. The van der Waals surface area contributed by atoms with Crippen LogP contribution in [0.25, 0.3) is 11.1 Å². The molecule has 0 fully saturated rings. The maximum absolute atomic E-state index is 5.48. The number of nitrogens with one attached hydrogen (secondary N) is 1. The molecule has 0 saturated carbocycles. The maximum atomic E-state index is 5.48. The molecule has 0 spiro atoms. The van der Waals surface area contributed by atoms with Gasteiger partial charge in [-0.05, 0) is 22.6 Å². The predicted molar refractivity (Wildman–Crippen MR) is 69.3 cm³/mol. The SMILES string of the molecule is COc1cc(-c2cn[nH]c2)ccc1C(C)(C)C. The summed E-state index contributed by atoms with van der Waals surface area (Å²) in [5, 5.41) is 6.78. The van der Waals surface area contributed by atoms with Crippen LogP contribution < -0.4 is 4.74 Å². The monoisotopic (exact) mass is 230 g/mol. The lowest BCUT2D eigenvalue weighted by Crippen LogP contribution is -2.12. The minimum atomic E-state index is 0.0836. The average Bonchev–Trinajstić information content (AvgIpc) is 2.80. The minimum absolute atomic E-state index is 0.0836. The van der Waals surface area contributed by atoms with Crippen LogP contribution in [0.2, 0.25) is 0 Å². The van der Waals surface area contributed by atoms with Gasteiger partial charge in [0.25, 0.3) is 0 Å². The summed E-state index contributed by atoms with van der Waals surface area (Å²) in [7, 11) is 1.71. The third kappa shape index (κ3) is 2.33. The van der Waals surface area contributed by atoms with Crippen LogP contribution in [0.1, 0.15) is 26.3 Å². The van der Waals surface area contributed by atoms with Gasteiger partial charge in [-0.2, -0.15) is 5.10 Å². The Morgan fingerprint density at radius 1 is 1.18 bits per heavy atom. The zero-order chi connectivity index (χ0) is 12.5. The van der Waals surface area contributed by atoms with Crippen LogP contribution in [-0.2, 0) is 5.41 Å². The summed E-state index contributed by atoms with van der Waals surface area (Å²) in [5.41, 5.74) is 3.49. The summed E-state index contributed by atoms with van der Waals surface area (Å²) in [6, 6.07) is 6.29. The topological polar surface area (TPSA) is 37.9 Å². The molecule has 0 bridgehead atoms. The first-order chi connectivity index (χ1) is 8.02. The number of aromatic nitrogens is 2. The molecule has 90 valence electrons. The van der Waals surface area contributed by atoms with E-state index in [-0.39, 0.29) is 5.41 Å². The van der Waals surface area contributed by atoms with Gasteiger partial charge >= 0.3 is 0 Å². The number of ether oxygens (including phenoxy) is 1. The number of hydrogen-bond acceptors (Lipinski definition) is 2. The molecule has 0 radical (unpaired) electrons. The molecule has 3 nitrogen and oxygen atoms in total. The van der Waals surface area contributed by atoms with Gasteiger partial charge in [-0.15, -0.1) is 0 Å². The first-order valence-electron chi connectivity index (χ1n) is 5.70. The van der Waals surface area contributed by atoms with Crippen molar-refractivity contribution in [2.24, 2.45) is 0 Å². The summed E-state index contributed by atoms with van der Waals surface area (Å²) in [4.78, 5) is 0. The highest BCUT2D eigenvalue weighted by molar-refractivity contribution is 5.65. The molecule has 0 saturated heterocycles. The van der Waals surface area contributed by atoms with Gasteiger partial charge in [0.15, 0.2) is 0 Å². The van der Waals surface area contributed by atoms with Gasteiger partial charge in [0.1, 0.15) is 5.75 Å². The van der Waals surface area contributed by atoms with E-state index in [2.05, 4.69) is 49.2 Å². The summed E-state index contributed by atoms with van der Waals surface area (Å²) < 4.78 is 5.48. The molecule has 1 N–H and O–H groups in total. The Labute approximate surface area is 102 Å². The third-order valence-electron chi connectivity index (χ3n) is 2.84. The standard InChI is InChI=1S/C14H18N2O/c1-14(2,3)12-6-5-10(7-13(12)17-4)11-8-15-16-9-11/h5-9H,1-4H3,(H,15,16). The predicted octanol–water partition coefficient (Wildman–Crippen LogP) is 3.38. The van der Waals surface area contributed by atoms with Gasteiger partial charge < -0.3 is 4.74 Å². The highest BCUT2D eigenvalue weighted by Crippen LogP contribution is 2.34. The first-order valence-corrected chi connectivity index (χ1v) is 5.70. The smallest absolute Gasteiger partial charge is 0.123 e. The Balaban J connectivity index is 2.49. The quantitative estimate of drug-likeness (QED) is 0.858. The molecule has 0 aliphatic rings. The van der Waals surface area contributed by atoms with E-state index in [9.17, 15) is 0 Å². The highest BCUT2D eigenvalue weighted by Gasteiger charge is 2.19. The molecule has 2 aromatic rings. The third-order valence-corrected chi connectivity index (χ3v) is 2.84. The largest absolute Gasteiger partial charge is 0.496 e. The lowest BCUT2D eigenvalue weighted by molar-refractivity contribution is 0.398. The van der Waals surface area contributed by atoms with Crippen LogP contribution in [0.3, 0.4) is 0 Å². The van der Waals surface area contributed by atoms with Crippen molar-refractivity contribution in [2.45, 2.75) is 26.2 Å². The first kappa shape index (κ1) is 11.7. The zero-order valence-corrected chi connectivity index (χ0v) is 10.7. The Morgan fingerprint density at radius 2 is 1.94 bits per heavy atom. The lowest BCUT2D eigenvalue weighted by atomic mass is 9.85. The zero-order valence-electron chi connectivity index (χ0n) is 10.7. The van der Waals surface area contributed by atoms with E-state index in [0.717, 1.165) is 16.9 Å². The number of methoxy groups -OCH3 is 1. The Hall–Kier alpha value is -1.77. The van der Waals surface area contributed by atoms with E-state index in [0.29, 0.717) is 0 Å². The van der Waals surface area contributed by atoms with Crippen molar-refractivity contribution in [3.8, 4) is 16.9 Å². The molecular formula is C14H18N2O. The molecule has 0 amide bonds. The van der Waals surface area contributed by atoms with Gasteiger partial charge in [-0.1, -0.05) is 32.9 Å². The second-order valence-electron chi connectivity index (χ2n) is 5.15. The van der Waals surface area contributed by atoms with E-state index in [1.54, 1.807) is 7.11 Å². The summed E-state index contributed by atoms with van der Waals surface area (Å²) >= 11 is 0. The Kier molecular flexibility index (Phi) is 2.92. The molecule has 0 unspecified atom stereocenters. The van der Waals surface area contributed by atoms with Gasteiger partial charge in [0.2, 0.25) is 0 Å². The molecular weight excluding hydrogens is 212 g/mol. The van der Waals surface area contributed by atoms with Crippen LogP contribution in [0.4, 0.5) is 0 Å². The van der Waals surface area contributed by atoms with Gasteiger partial charge in [-0.25, -0.2) is 0 Å². The molecule has 1 aromatic heterocycles. The molecule has 1 heterocycles. The second-order valence-corrected chi connectivity index (χ2v) is 5.15. The number of aromatic amines is 1. The fourth-order valence-corrected chi connectivity index (χ4v) is 1.90. The van der Waals surface area contributed by atoms with Crippen molar-refractivity contribution in [1.82, 2.24) is 10.2 Å². The van der Waals surface area contributed by atoms with Crippen LogP contribution in [0.15, 0.2) is 30.6 Å². The van der Waals surface area contributed by atoms with E-state index < -0.39 is 0 Å².